The number of nitrogens with zero attached hydrogens (tertiary/aromatic N) is 2. The van der Waals surface area contributed by atoms with Crippen LogP contribution < -0.4 is 13.8 Å². The molecule has 0 saturated carbocycles. The number of benzene rings is 1. The zero-order chi connectivity index (χ0) is 26.1. The van der Waals surface area contributed by atoms with Crippen molar-refractivity contribution in [1.29, 1.82) is 0 Å². The summed E-state index contributed by atoms with van der Waals surface area (Å²) in [5.74, 6) is -0.380. The number of phosphoric acid groups is 1. The molecule has 0 radical (unpaired) electrons. The van der Waals surface area contributed by atoms with Gasteiger partial charge in [-0.3, -0.25) is 15.0 Å². The highest BCUT2D eigenvalue weighted by Crippen LogP contribution is 2.48. The largest absolute Gasteiger partial charge is 0.532 e. The molecule has 1 unspecified atom stereocenters. The summed E-state index contributed by atoms with van der Waals surface area (Å²) >= 11 is 0. The minimum absolute atomic E-state index is 0.00185. The second-order valence-corrected chi connectivity index (χ2v) is 10.2. The van der Waals surface area contributed by atoms with Crippen molar-refractivity contribution in [3.63, 3.8) is 0 Å². The highest BCUT2D eigenvalue weighted by atomic mass is 31.2. The molecule has 1 aromatic heterocycles. The molecule has 1 heterocycles. The van der Waals surface area contributed by atoms with Gasteiger partial charge in [-0.1, -0.05) is 89.7 Å². The SMILES string of the molecule is CCCCCCCCCCCCCCOc1cccc(OP(=O)(O)OC[n+]2ccccc2)c1[N+](=O)[O-]. The van der Waals surface area contributed by atoms with Gasteiger partial charge in [0.05, 0.1) is 11.5 Å². The van der Waals surface area contributed by atoms with E-state index < -0.39 is 18.4 Å². The third-order valence-electron chi connectivity index (χ3n) is 5.76. The number of hydrogen-bond donors (Lipinski definition) is 1. The maximum Gasteiger partial charge on any atom is 0.532 e. The molecule has 10 heteroatoms. The van der Waals surface area contributed by atoms with E-state index in [9.17, 15) is 19.6 Å². The zero-order valence-electron chi connectivity index (χ0n) is 21.3. The molecule has 0 aliphatic carbocycles. The Hall–Kier alpha value is -2.48. The monoisotopic (exact) mass is 523 g/mol. The van der Waals surface area contributed by atoms with E-state index in [1.165, 1.54) is 80.6 Å². The molecule has 0 spiro atoms. The van der Waals surface area contributed by atoms with Crippen LogP contribution in [0.1, 0.15) is 84.0 Å². The lowest BCUT2D eigenvalue weighted by atomic mass is 10.1. The summed E-state index contributed by atoms with van der Waals surface area (Å²) in [6.45, 7) is 2.30. The van der Waals surface area contributed by atoms with Gasteiger partial charge in [0.15, 0.2) is 12.4 Å². The van der Waals surface area contributed by atoms with Gasteiger partial charge < -0.3 is 9.26 Å². The molecule has 200 valence electrons. The van der Waals surface area contributed by atoms with Gasteiger partial charge in [-0.15, -0.1) is 0 Å². The van der Waals surface area contributed by atoms with E-state index in [0.717, 1.165) is 19.3 Å². The Balaban J connectivity index is 1.73. The van der Waals surface area contributed by atoms with Crippen molar-refractivity contribution in [2.45, 2.75) is 90.7 Å². The molecule has 0 saturated heterocycles. The van der Waals surface area contributed by atoms with Gasteiger partial charge in [0.1, 0.15) is 0 Å². The van der Waals surface area contributed by atoms with E-state index in [0.29, 0.717) is 6.61 Å². The predicted molar refractivity (Wildman–Crippen MR) is 138 cm³/mol. The number of para-hydroxylation sites is 1. The topological polar surface area (TPSA) is 112 Å². The fourth-order valence-corrected chi connectivity index (χ4v) is 4.54. The Morgan fingerprint density at radius 2 is 1.42 bits per heavy atom. The molecule has 0 aliphatic heterocycles. The van der Waals surface area contributed by atoms with Crippen molar-refractivity contribution < 1.29 is 32.7 Å². The van der Waals surface area contributed by atoms with Gasteiger partial charge in [0.2, 0.25) is 11.5 Å². The normalized spacial score (nSPS) is 12.7. The first-order valence-corrected chi connectivity index (χ1v) is 14.4. The van der Waals surface area contributed by atoms with E-state index in [2.05, 4.69) is 6.92 Å². The number of hydrogen-bond acceptors (Lipinski definition) is 6. The molecule has 9 nitrogen and oxygen atoms in total. The molecule has 0 amide bonds. The lowest BCUT2D eigenvalue weighted by molar-refractivity contribution is -0.725. The van der Waals surface area contributed by atoms with Crippen LogP contribution in [0, 0.1) is 10.1 Å². The first-order valence-electron chi connectivity index (χ1n) is 12.9. The first kappa shape index (κ1) is 29.7. The minimum Gasteiger partial charge on any atom is -0.487 e. The maximum absolute atomic E-state index is 12.4. The average Bonchev–Trinajstić information content (AvgIpc) is 2.86. The lowest BCUT2D eigenvalue weighted by Gasteiger charge is -2.13. The molecule has 2 aromatic rings. The first-order chi connectivity index (χ1) is 17.4. The molecule has 0 bridgehead atoms. The summed E-state index contributed by atoms with van der Waals surface area (Å²) in [5.41, 5.74) is -0.498. The zero-order valence-corrected chi connectivity index (χ0v) is 22.2. The minimum atomic E-state index is -4.61. The maximum atomic E-state index is 12.4. The summed E-state index contributed by atoms with van der Waals surface area (Å²) in [4.78, 5) is 21.0. The second-order valence-electron chi connectivity index (χ2n) is 8.81. The summed E-state index contributed by atoms with van der Waals surface area (Å²) < 4.78 is 29.5. The van der Waals surface area contributed by atoms with Crippen molar-refractivity contribution in [2.75, 3.05) is 6.61 Å². The number of ether oxygens (including phenoxy) is 1. The fraction of sp³-hybridized carbons (Fsp3) is 0.577. The van der Waals surface area contributed by atoms with Crippen molar-refractivity contribution in [3.8, 4) is 11.5 Å². The van der Waals surface area contributed by atoms with Gasteiger partial charge >= 0.3 is 13.5 Å². The molecule has 0 aliphatic rings. The Kier molecular flexibility index (Phi) is 14.1. The Labute approximate surface area is 214 Å². The number of unbranched alkanes of at least 4 members (excludes halogenated alkanes) is 11. The number of nitro benzene ring substituents is 1. The number of phosphoric ester groups is 1. The van der Waals surface area contributed by atoms with Crippen molar-refractivity contribution in [2.24, 2.45) is 0 Å². The highest BCUT2D eigenvalue weighted by molar-refractivity contribution is 7.47. The van der Waals surface area contributed by atoms with Crippen LogP contribution >= 0.6 is 7.82 Å². The Bertz CT molecular complexity index is 943. The second kappa shape index (κ2) is 17.1. The van der Waals surface area contributed by atoms with Crippen LogP contribution in [0.5, 0.6) is 11.5 Å². The van der Waals surface area contributed by atoms with Crippen LogP contribution in [0.4, 0.5) is 5.69 Å². The van der Waals surface area contributed by atoms with Gasteiger partial charge in [-0.05, 0) is 18.6 Å². The third-order valence-corrected chi connectivity index (χ3v) is 6.63. The molecular formula is C26H40N2O7P+. The number of nitro groups is 1. The summed E-state index contributed by atoms with van der Waals surface area (Å²) in [6, 6.07) is 9.43. The quantitative estimate of drug-likeness (QED) is 0.0647. The highest BCUT2D eigenvalue weighted by Gasteiger charge is 2.31. The van der Waals surface area contributed by atoms with E-state index >= 15 is 0 Å². The van der Waals surface area contributed by atoms with Gasteiger partial charge in [0, 0.05) is 12.1 Å². The summed E-state index contributed by atoms with van der Waals surface area (Å²) in [7, 11) is -4.61. The molecule has 1 aromatic carbocycles. The smallest absolute Gasteiger partial charge is 0.487 e. The standard InChI is InChI=1S/C26H39N2O7P/c1-2-3-4-5-6-7-8-9-10-11-12-16-22-33-24-18-17-19-25(26(24)28(29)30)35-36(31,32)34-23-27-20-14-13-15-21-27/h13-15,17-21H,2-12,16,22-23H2,1H3/p+1. The Morgan fingerprint density at radius 1 is 0.861 bits per heavy atom. The van der Waals surface area contributed by atoms with Crippen molar-refractivity contribution in [3.05, 3.63) is 58.9 Å². The van der Waals surface area contributed by atoms with Crippen LogP contribution in [-0.4, -0.2) is 16.4 Å². The van der Waals surface area contributed by atoms with Crippen LogP contribution in [0.3, 0.4) is 0 Å². The third kappa shape index (κ3) is 12.0. The van der Waals surface area contributed by atoms with Crippen molar-refractivity contribution in [1.82, 2.24) is 0 Å². The van der Waals surface area contributed by atoms with Crippen LogP contribution in [-0.2, 0) is 15.8 Å². The van der Waals surface area contributed by atoms with Gasteiger partial charge in [-0.25, -0.2) is 9.09 Å². The predicted octanol–water partition coefficient (Wildman–Crippen LogP) is 7.12. The van der Waals surface area contributed by atoms with Crippen LogP contribution in [0.2, 0.25) is 0 Å². The van der Waals surface area contributed by atoms with Gasteiger partial charge in [-0.2, -0.15) is 4.57 Å². The molecular weight excluding hydrogens is 483 g/mol. The lowest BCUT2D eigenvalue weighted by Crippen LogP contribution is -2.33. The van der Waals surface area contributed by atoms with Crippen LogP contribution in [0.25, 0.3) is 0 Å². The summed E-state index contributed by atoms with van der Waals surface area (Å²) in [5, 5.41) is 11.7. The molecule has 1 N–H and O–H groups in total. The van der Waals surface area contributed by atoms with Gasteiger partial charge in [0.25, 0.3) is 6.73 Å². The summed E-state index contributed by atoms with van der Waals surface area (Å²) in [6.07, 6.45) is 17.8. The molecule has 1 atom stereocenters. The fourth-order valence-electron chi connectivity index (χ4n) is 3.81. The number of pyridine rings is 1. The van der Waals surface area contributed by atoms with E-state index in [4.69, 9.17) is 13.8 Å². The molecule has 36 heavy (non-hydrogen) atoms. The van der Waals surface area contributed by atoms with Crippen LogP contribution in [0.15, 0.2) is 48.8 Å². The average molecular weight is 524 g/mol. The number of aromatic nitrogens is 1. The number of rotatable bonds is 20. The van der Waals surface area contributed by atoms with E-state index in [1.807, 2.05) is 0 Å². The Morgan fingerprint density at radius 3 is 2.00 bits per heavy atom. The van der Waals surface area contributed by atoms with E-state index in [1.54, 1.807) is 30.6 Å². The molecule has 0 fully saturated rings. The molecule has 2 rings (SSSR count). The van der Waals surface area contributed by atoms with Crippen molar-refractivity contribution >= 4 is 13.5 Å². The van der Waals surface area contributed by atoms with E-state index in [-0.39, 0.29) is 18.2 Å².